The number of hydrogen-bond donors (Lipinski definition) is 3. The van der Waals surface area contributed by atoms with Crippen molar-refractivity contribution < 1.29 is 9.90 Å². The van der Waals surface area contributed by atoms with Crippen LogP contribution in [0.1, 0.15) is 13.3 Å². The molecule has 4 nitrogen and oxygen atoms in total. The second-order valence-corrected chi connectivity index (χ2v) is 1.64. The van der Waals surface area contributed by atoms with Crippen LogP contribution >= 0.6 is 0 Å². The van der Waals surface area contributed by atoms with Crippen molar-refractivity contribution in [2.45, 2.75) is 19.1 Å². The van der Waals surface area contributed by atoms with Gasteiger partial charge in [0.25, 0.3) is 5.91 Å². The van der Waals surface area contributed by atoms with Crippen LogP contribution < -0.4 is 11.5 Å². The zero-order valence-corrected chi connectivity index (χ0v) is 4.72. The molecular formula is C4H10N2O2. The van der Waals surface area contributed by atoms with Crippen LogP contribution in [0.3, 0.4) is 0 Å². The van der Waals surface area contributed by atoms with Crippen LogP contribution in [0.15, 0.2) is 0 Å². The summed E-state index contributed by atoms with van der Waals surface area (Å²) >= 11 is 0. The van der Waals surface area contributed by atoms with Gasteiger partial charge in [0.1, 0.15) is 0 Å². The largest absolute Gasteiger partial charge is 0.368 e. The van der Waals surface area contributed by atoms with Crippen molar-refractivity contribution in [3.63, 3.8) is 0 Å². The molecule has 0 fully saturated rings. The molecule has 0 aromatic carbocycles. The molecule has 1 amide bonds. The summed E-state index contributed by atoms with van der Waals surface area (Å²) in [4.78, 5) is 10.1. The molecule has 1 atom stereocenters. The lowest BCUT2D eigenvalue weighted by Gasteiger charge is -2.14. The number of carbonyl (C=O) groups is 1. The molecule has 0 saturated heterocycles. The highest BCUT2D eigenvalue weighted by Crippen LogP contribution is 1.97. The van der Waals surface area contributed by atoms with Crippen molar-refractivity contribution in [3.05, 3.63) is 0 Å². The van der Waals surface area contributed by atoms with E-state index in [9.17, 15) is 4.79 Å². The summed E-state index contributed by atoms with van der Waals surface area (Å²) in [7, 11) is 0. The van der Waals surface area contributed by atoms with Crippen molar-refractivity contribution in [1.29, 1.82) is 0 Å². The van der Waals surface area contributed by atoms with Gasteiger partial charge >= 0.3 is 0 Å². The minimum atomic E-state index is -1.82. The molecule has 5 N–H and O–H groups in total. The molecular weight excluding hydrogens is 108 g/mol. The van der Waals surface area contributed by atoms with E-state index in [0.29, 0.717) is 0 Å². The summed E-state index contributed by atoms with van der Waals surface area (Å²) in [6, 6.07) is 0. The molecule has 0 aromatic rings. The first kappa shape index (κ1) is 7.39. The van der Waals surface area contributed by atoms with Crippen LogP contribution in [-0.4, -0.2) is 16.7 Å². The van der Waals surface area contributed by atoms with Crippen LogP contribution in [0.2, 0.25) is 0 Å². The van der Waals surface area contributed by atoms with Crippen LogP contribution in [-0.2, 0) is 4.79 Å². The molecule has 48 valence electrons. The van der Waals surface area contributed by atoms with E-state index in [2.05, 4.69) is 5.73 Å². The van der Waals surface area contributed by atoms with Gasteiger partial charge in [0.05, 0.1) is 0 Å². The Kier molecular flexibility index (Phi) is 1.94. The topological polar surface area (TPSA) is 89.3 Å². The average molecular weight is 118 g/mol. The van der Waals surface area contributed by atoms with Gasteiger partial charge in [-0.25, -0.2) is 0 Å². The molecule has 8 heavy (non-hydrogen) atoms. The van der Waals surface area contributed by atoms with Gasteiger partial charge in [-0.3, -0.25) is 10.5 Å². The molecule has 0 aliphatic heterocycles. The molecule has 0 unspecified atom stereocenters. The van der Waals surface area contributed by atoms with E-state index in [1.807, 2.05) is 0 Å². The third-order valence-electron chi connectivity index (χ3n) is 0.966. The van der Waals surface area contributed by atoms with E-state index in [0.717, 1.165) is 0 Å². The fourth-order valence-corrected chi connectivity index (χ4v) is 0.174. The monoisotopic (exact) mass is 118 g/mol. The quantitative estimate of drug-likeness (QED) is 0.387. The normalized spacial score (nSPS) is 17.4. The SMILES string of the molecule is CC[C@](N)(O)C(N)=O. The molecule has 0 heterocycles. The lowest BCUT2D eigenvalue weighted by atomic mass is 10.2. The summed E-state index contributed by atoms with van der Waals surface area (Å²) in [6.07, 6.45) is 0.141. The van der Waals surface area contributed by atoms with Gasteiger partial charge in [0.15, 0.2) is 5.72 Å². The van der Waals surface area contributed by atoms with Crippen molar-refractivity contribution in [1.82, 2.24) is 0 Å². The van der Waals surface area contributed by atoms with Gasteiger partial charge in [-0.15, -0.1) is 0 Å². The van der Waals surface area contributed by atoms with Crippen molar-refractivity contribution in [3.8, 4) is 0 Å². The first-order chi connectivity index (χ1) is 3.50. The second kappa shape index (κ2) is 2.11. The number of carbonyl (C=O) groups excluding carboxylic acids is 1. The Balaban J connectivity index is 3.91. The Morgan fingerprint density at radius 3 is 2.25 bits per heavy atom. The number of aliphatic hydroxyl groups is 1. The van der Waals surface area contributed by atoms with Crippen LogP contribution in [0.25, 0.3) is 0 Å². The minimum absolute atomic E-state index is 0.141. The van der Waals surface area contributed by atoms with E-state index in [1.165, 1.54) is 0 Å². The van der Waals surface area contributed by atoms with Gasteiger partial charge in [-0.05, 0) is 6.42 Å². The number of rotatable bonds is 2. The van der Waals surface area contributed by atoms with Crippen LogP contribution in [0, 0.1) is 0 Å². The number of primary amides is 1. The molecule has 4 heteroatoms. The van der Waals surface area contributed by atoms with Gasteiger partial charge in [0, 0.05) is 0 Å². The lowest BCUT2D eigenvalue weighted by Crippen LogP contribution is -2.51. The maximum absolute atomic E-state index is 10.1. The van der Waals surface area contributed by atoms with Crippen molar-refractivity contribution in [2.24, 2.45) is 11.5 Å². The molecule has 0 aromatic heterocycles. The zero-order valence-electron chi connectivity index (χ0n) is 4.72. The zero-order chi connectivity index (χ0) is 6.78. The van der Waals surface area contributed by atoms with Gasteiger partial charge in [-0.2, -0.15) is 0 Å². The molecule has 0 aliphatic rings. The van der Waals surface area contributed by atoms with E-state index in [4.69, 9.17) is 10.8 Å². The Hall–Kier alpha value is -0.610. The smallest absolute Gasteiger partial charge is 0.264 e. The van der Waals surface area contributed by atoms with Crippen molar-refractivity contribution in [2.75, 3.05) is 0 Å². The first-order valence-electron chi connectivity index (χ1n) is 2.32. The Bertz CT molecular complexity index is 100. The lowest BCUT2D eigenvalue weighted by molar-refractivity contribution is -0.136. The summed E-state index contributed by atoms with van der Waals surface area (Å²) in [6.45, 7) is 1.57. The highest BCUT2D eigenvalue weighted by Gasteiger charge is 2.24. The number of nitrogens with two attached hydrogens (primary N) is 2. The predicted octanol–water partition coefficient (Wildman–Crippen LogP) is -1.47. The summed E-state index contributed by atoms with van der Waals surface area (Å²) in [5, 5.41) is 8.70. The van der Waals surface area contributed by atoms with E-state index >= 15 is 0 Å². The Morgan fingerprint density at radius 2 is 2.25 bits per heavy atom. The Labute approximate surface area is 47.5 Å². The average Bonchev–Trinajstić information content (AvgIpc) is 1.67. The fraction of sp³-hybridized carbons (Fsp3) is 0.750. The third kappa shape index (κ3) is 1.48. The molecule has 0 bridgehead atoms. The highest BCUT2D eigenvalue weighted by molar-refractivity contribution is 5.82. The summed E-state index contributed by atoms with van der Waals surface area (Å²) < 4.78 is 0. The van der Waals surface area contributed by atoms with Crippen molar-refractivity contribution >= 4 is 5.91 Å². The van der Waals surface area contributed by atoms with E-state index < -0.39 is 11.6 Å². The summed E-state index contributed by atoms with van der Waals surface area (Å²) in [5.74, 6) is -0.889. The maximum atomic E-state index is 10.1. The standard InChI is InChI=1S/C4H10N2O2/c1-2-4(6,8)3(5)7/h8H,2,6H2,1H3,(H2,5,7)/t4-/m0/s1. The molecule has 0 spiro atoms. The fourth-order valence-electron chi connectivity index (χ4n) is 0.174. The van der Waals surface area contributed by atoms with E-state index in [1.54, 1.807) is 6.92 Å². The van der Waals surface area contributed by atoms with Crippen LogP contribution in [0.5, 0.6) is 0 Å². The van der Waals surface area contributed by atoms with Gasteiger partial charge in [0.2, 0.25) is 0 Å². The summed E-state index contributed by atoms with van der Waals surface area (Å²) in [5.41, 5.74) is 7.79. The molecule has 0 rings (SSSR count). The minimum Gasteiger partial charge on any atom is -0.368 e. The molecule has 0 radical (unpaired) electrons. The Morgan fingerprint density at radius 1 is 1.88 bits per heavy atom. The predicted molar refractivity (Wildman–Crippen MR) is 28.6 cm³/mol. The number of amides is 1. The molecule has 0 saturated carbocycles. The maximum Gasteiger partial charge on any atom is 0.264 e. The first-order valence-corrected chi connectivity index (χ1v) is 2.32. The number of hydrogen-bond acceptors (Lipinski definition) is 3. The van der Waals surface area contributed by atoms with E-state index in [-0.39, 0.29) is 6.42 Å². The van der Waals surface area contributed by atoms with Crippen LogP contribution in [0.4, 0.5) is 0 Å². The van der Waals surface area contributed by atoms with Gasteiger partial charge < -0.3 is 10.8 Å². The third-order valence-corrected chi connectivity index (χ3v) is 0.966. The second-order valence-electron chi connectivity index (χ2n) is 1.64. The highest BCUT2D eigenvalue weighted by atomic mass is 16.3. The van der Waals surface area contributed by atoms with Gasteiger partial charge in [-0.1, -0.05) is 6.92 Å². The molecule has 0 aliphatic carbocycles.